The summed E-state index contributed by atoms with van der Waals surface area (Å²) in [4.78, 5) is 20.3. The number of aromatic amines is 1. The smallest absolute Gasteiger partial charge is 0.235 e. The Morgan fingerprint density at radius 3 is 2.59 bits per heavy atom. The fraction of sp³-hybridized carbons (Fsp3) is 0.0667. The number of rotatable bonds is 5. The Kier molecular flexibility index (Phi) is 4.15. The molecule has 0 bridgehead atoms. The molecule has 2 aromatic heterocycles. The van der Waals surface area contributed by atoms with Gasteiger partial charge in [0.05, 0.1) is 0 Å². The molecule has 1 atom stereocenters. The number of carbonyl (C=O) groups is 1. The topological polar surface area (TPSA) is 97.6 Å². The number of thioether (sulfide) groups is 1. The Labute approximate surface area is 131 Å². The van der Waals surface area contributed by atoms with Gasteiger partial charge in [-0.3, -0.25) is 14.9 Å². The molecule has 0 saturated heterocycles. The van der Waals surface area contributed by atoms with E-state index in [2.05, 4.69) is 20.2 Å². The Morgan fingerprint density at radius 1 is 1.14 bits per heavy atom. The zero-order chi connectivity index (χ0) is 15.4. The van der Waals surface area contributed by atoms with E-state index in [4.69, 9.17) is 5.73 Å². The lowest BCUT2D eigenvalue weighted by Gasteiger charge is -2.10. The predicted molar refractivity (Wildman–Crippen MR) is 83.8 cm³/mol. The van der Waals surface area contributed by atoms with E-state index in [0.717, 1.165) is 5.56 Å². The molecule has 0 aliphatic rings. The van der Waals surface area contributed by atoms with E-state index in [1.54, 1.807) is 6.20 Å². The minimum atomic E-state index is -0.534. The lowest BCUT2D eigenvalue weighted by atomic mass is 10.1. The predicted octanol–water partition coefficient (Wildman–Crippen LogP) is 2.19. The second-order valence-corrected chi connectivity index (χ2v) is 5.56. The van der Waals surface area contributed by atoms with Crippen LogP contribution in [0.15, 0.2) is 59.9 Å². The van der Waals surface area contributed by atoms with Crippen LogP contribution < -0.4 is 5.73 Å². The Hall–Kier alpha value is -2.67. The number of benzene rings is 1. The number of aromatic nitrogens is 4. The number of carbonyl (C=O) groups excluding carboxylic acids is 1. The van der Waals surface area contributed by atoms with Gasteiger partial charge in [0.1, 0.15) is 10.9 Å². The average Bonchev–Trinajstić information content (AvgIpc) is 3.03. The van der Waals surface area contributed by atoms with Crippen molar-refractivity contribution in [3.8, 4) is 11.5 Å². The number of nitrogens with two attached hydrogens (primary N) is 1. The number of primary amides is 1. The van der Waals surface area contributed by atoms with Gasteiger partial charge in [0.2, 0.25) is 11.1 Å². The number of hydrogen-bond donors (Lipinski definition) is 2. The molecule has 3 N–H and O–H groups in total. The molecule has 0 saturated carbocycles. The summed E-state index contributed by atoms with van der Waals surface area (Å²) in [5, 5.41) is 6.86. The van der Waals surface area contributed by atoms with Crippen LogP contribution in [0.5, 0.6) is 0 Å². The van der Waals surface area contributed by atoms with Gasteiger partial charge in [0, 0.05) is 6.20 Å². The highest BCUT2D eigenvalue weighted by molar-refractivity contribution is 8.00. The molecule has 0 aliphatic heterocycles. The van der Waals surface area contributed by atoms with Crippen molar-refractivity contribution in [1.29, 1.82) is 0 Å². The molecule has 1 aromatic carbocycles. The summed E-state index contributed by atoms with van der Waals surface area (Å²) in [5.41, 5.74) is 7.01. The van der Waals surface area contributed by atoms with Crippen molar-refractivity contribution in [2.24, 2.45) is 5.73 Å². The maximum atomic E-state index is 11.7. The summed E-state index contributed by atoms with van der Waals surface area (Å²) in [7, 11) is 0. The standard InChI is InChI=1S/C15H13N5OS/c16-13(21)12(10-6-2-1-3-7-10)22-15-18-14(19-20-15)11-8-4-5-9-17-11/h1-9,12H,(H2,16,21)(H,18,19,20). The zero-order valence-corrected chi connectivity index (χ0v) is 12.3. The van der Waals surface area contributed by atoms with Gasteiger partial charge in [0.15, 0.2) is 5.82 Å². The van der Waals surface area contributed by atoms with E-state index in [1.165, 1.54) is 11.8 Å². The summed E-state index contributed by atoms with van der Waals surface area (Å²) in [6, 6.07) is 14.9. The zero-order valence-electron chi connectivity index (χ0n) is 11.5. The van der Waals surface area contributed by atoms with Gasteiger partial charge in [0.25, 0.3) is 0 Å². The van der Waals surface area contributed by atoms with Crippen LogP contribution in [0.2, 0.25) is 0 Å². The first kappa shape index (κ1) is 14.3. The number of pyridine rings is 1. The molecule has 22 heavy (non-hydrogen) atoms. The Balaban J connectivity index is 1.83. The Morgan fingerprint density at radius 2 is 1.91 bits per heavy atom. The van der Waals surface area contributed by atoms with E-state index >= 15 is 0 Å². The van der Waals surface area contributed by atoms with E-state index in [9.17, 15) is 4.79 Å². The van der Waals surface area contributed by atoms with E-state index in [-0.39, 0.29) is 0 Å². The van der Waals surface area contributed by atoms with Crippen LogP contribution in [-0.2, 0) is 4.79 Å². The van der Waals surface area contributed by atoms with Crippen LogP contribution in [0.4, 0.5) is 0 Å². The second-order valence-electron chi connectivity index (χ2n) is 4.49. The van der Waals surface area contributed by atoms with Gasteiger partial charge in [-0.2, -0.15) is 4.98 Å². The highest BCUT2D eigenvalue weighted by atomic mass is 32.2. The molecular formula is C15H13N5OS. The van der Waals surface area contributed by atoms with Crippen molar-refractivity contribution in [2.45, 2.75) is 10.4 Å². The number of nitrogens with one attached hydrogen (secondary N) is 1. The molecular weight excluding hydrogens is 298 g/mol. The highest BCUT2D eigenvalue weighted by Gasteiger charge is 2.21. The number of nitrogens with zero attached hydrogens (tertiary/aromatic N) is 3. The third kappa shape index (κ3) is 3.15. The van der Waals surface area contributed by atoms with Gasteiger partial charge in [-0.05, 0) is 17.7 Å². The molecule has 110 valence electrons. The summed E-state index contributed by atoms with van der Waals surface area (Å²) >= 11 is 1.21. The Bertz CT molecular complexity index is 760. The summed E-state index contributed by atoms with van der Waals surface area (Å²) in [5.74, 6) is 0.125. The van der Waals surface area contributed by atoms with Crippen LogP contribution in [0, 0.1) is 0 Å². The minimum absolute atomic E-state index is 0.430. The quantitative estimate of drug-likeness (QED) is 0.704. The largest absolute Gasteiger partial charge is 0.368 e. The maximum Gasteiger partial charge on any atom is 0.235 e. The van der Waals surface area contributed by atoms with Crippen molar-refractivity contribution in [3.63, 3.8) is 0 Å². The summed E-state index contributed by atoms with van der Waals surface area (Å²) in [6.07, 6.45) is 1.68. The molecule has 3 aromatic rings. The van der Waals surface area contributed by atoms with Crippen LogP contribution in [0.1, 0.15) is 10.8 Å². The molecule has 0 aliphatic carbocycles. The molecule has 0 radical (unpaired) electrons. The second kappa shape index (κ2) is 6.40. The number of hydrogen-bond acceptors (Lipinski definition) is 5. The molecule has 0 spiro atoms. The van der Waals surface area contributed by atoms with Crippen LogP contribution >= 0.6 is 11.8 Å². The van der Waals surface area contributed by atoms with E-state index < -0.39 is 11.2 Å². The lowest BCUT2D eigenvalue weighted by Crippen LogP contribution is -2.19. The molecule has 2 heterocycles. The third-order valence-electron chi connectivity index (χ3n) is 2.96. The van der Waals surface area contributed by atoms with Crippen LogP contribution in [-0.4, -0.2) is 26.1 Å². The monoisotopic (exact) mass is 311 g/mol. The lowest BCUT2D eigenvalue weighted by molar-refractivity contribution is -0.117. The molecule has 1 unspecified atom stereocenters. The fourth-order valence-corrected chi connectivity index (χ4v) is 2.80. The normalized spacial score (nSPS) is 12.0. The first-order chi connectivity index (χ1) is 10.7. The fourth-order valence-electron chi connectivity index (χ4n) is 1.94. The summed E-state index contributed by atoms with van der Waals surface area (Å²) in [6.45, 7) is 0. The third-order valence-corrected chi connectivity index (χ3v) is 4.09. The molecule has 3 rings (SSSR count). The SMILES string of the molecule is NC(=O)C(Sc1n[nH]c(-c2ccccn2)n1)c1ccccc1. The minimum Gasteiger partial charge on any atom is -0.368 e. The van der Waals surface area contributed by atoms with Crippen LogP contribution in [0.3, 0.4) is 0 Å². The van der Waals surface area contributed by atoms with Crippen molar-refractivity contribution < 1.29 is 4.79 Å². The van der Waals surface area contributed by atoms with Crippen molar-refractivity contribution >= 4 is 17.7 Å². The van der Waals surface area contributed by atoms with E-state index in [1.807, 2.05) is 48.5 Å². The van der Waals surface area contributed by atoms with E-state index in [0.29, 0.717) is 16.7 Å². The van der Waals surface area contributed by atoms with Gasteiger partial charge in [-0.15, -0.1) is 5.10 Å². The molecule has 0 fully saturated rings. The average molecular weight is 311 g/mol. The van der Waals surface area contributed by atoms with Crippen molar-refractivity contribution in [2.75, 3.05) is 0 Å². The molecule has 6 nitrogen and oxygen atoms in total. The molecule has 1 amide bonds. The number of H-pyrrole nitrogens is 1. The highest BCUT2D eigenvalue weighted by Crippen LogP contribution is 2.33. The van der Waals surface area contributed by atoms with Crippen LogP contribution in [0.25, 0.3) is 11.5 Å². The van der Waals surface area contributed by atoms with Gasteiger partial charge >= 0.3 is 0 Å². The first-order valence-electron chi connectivity index (χ1n) is 6.59. The van der Waals surface area contributed by atoms with Gasteiger partial charge in [-0.25, -0.2) is 0 Å². The first-order valence-corrected chi connectivity index (χ1v) is 7.47. The van der Waals surface area contributed by atoms with Gasteiger partial charge < -0.3 is 5.73 Å². The maximum absolute atomic E-state index is 11.7. The molecule has 7 heteroatoms. The number of amides is 1. The van der Waals surface area contributed by atoms with Crippen molar-refractivity contribution in [3.05, 3.63) is 60.3 Å². The summed E-state index contributed by atoms with van der Waals surface area (Å²) < 4.78 is 0. The van der Waals surface area contributed by atoms with Gasteiger partial charge in [-0.1, -0.05) is 48.2 Å². The van der Waals surface area contributed by atoms with Crippen molar-refractivity contribution in [1.82, 2.24) is 20.2 Å².